The van der Waals surface area contributed by atoms with Crippen LogP contribution in [0.4, 0.5) is 0 Å². The van der Waals surface area contributed by atoms with Gasteiger partial charge in [0.2, 0.25) is 0 Å². The molecule has 0 radical (unpaired) electrons. The Morgan fingerprint density at radius 3 is 2.65 bits per heavy atom. The minimum atomic E-state index is 0.459. The SMILES string of the molecule is CCCNCc1ccccc1COC1CCCCC1C. The molecule has 20 heavy (non-hydrogen) atoms. The van der Waals surface area contributed by atoms with E-state index >= 15 is 0 Å². The molecule has 2 atom stereocenters. The average molecular weight is 275 g/mol. The van der Waals surface area contributed by atoms with Crippen LogP contribution in [-0.4, -0.2) is 12.6 Å². The average Bonchev–Trinajstić information content (AvgIpc) is 2.48. The van der Waals surface area contributed by atoms with E-state index in [1.165, 1.54) is 43.2 Å². The Hall–Kier alpha value is -0.860. The third-order valence-electron chi connectivity index (χ3n) is 4.35. The van der Waals surface area contributed by atoms with Crippen molar-refractivity contribution in [1.82, 2.24) is 5.32 Å². The van der Waals surface area contributed by atoms with Crippen LogP contribution in [0.3, 0.4) is 0 Å². The number of nitrogens with one attached hydrogen (secondary N) is 1. The van der Waals surface area contributed by atoms with Crippen molar-refractivity contribution in [2.24, 2.45) is 5.92 Å². The topological polar surface area (TPSA) is 21.3 Å². The fourth-order valence-corrected chi connectivity index (χ4v) is 3.00. The van der Waals surface area contributed by atoms with E-state index in [9.17, 15) is 0 Å². The third kappa shape index (κ3) is 4.60. The molecular formula is C18H29NO. The van der Waals surface area contributed by atoms with Crippen LogP contribution in [0.15, 0.2) is 24.3 Å². The summed E-state index contributed by atoms with van der Waals surface area (Å²) in [5.74, 6) is 0.717. The van der Waals surface area contributed by atoms with Gasteiger partial charge in [-0.15, -0.1) is 0 Å². The van der Waals surface area contributed by atoms with Gasteiger partial charge in [0.1, 0.15) is 0 Å². The van der Waals surface area contributed by atoms with Gasteiger partial charge in [0, 0.05) is 6.54 Å². The number of ether oxygens (including phenoxy) is 1. The lowest BCUT2D eigenvalue weighted by Gasteiger charge is -2.29. The lowest BCUT2D eigenvalue weighted by Crippen LogP contribution is -2.25. The third-order valence-corrected chi connectivity index (χ3v) is 4.35. The summed E-state index contributed by atoms with van der Waals surface area (Å²) >= 11 is 0. The molecule has 1 aromatic rings. The second kappa shape index (κ2) is 8.43. The number of rotatable bonds is 7. The minimum absolute atomic E-state index is 0.459. The highest BCUT2D eigenvalue weighted by molar-refractivity contribution is 5.26. The molecule has 1 saturated carbocycles. The van der Waals surface area contributed by atoms with E-state index in [2.05, 4.69) is 43.4 Å². The molecule has 0 saturated heterocycles. The van der Waals surface area contributed by atoms with Crippen LogP contribution in [0, 0.1) is 5.92 Å². The Morgan fingerprint density at radius 2 is 1.90 bits per heavy atom. The van der Waals surface area contributed by atoms with Gasteiger partial charge >= 0.3 is 0 Å². The van der Waals surface area contributed by atoms with Crippen LogP contribution in [0.5, 0.6) is 0 Å². The van der Waals surface area contributed by atoms with Gasteiger partial charge in [-0.1, -0.05) is 51.0 Å². The van der Waals surface area contributed by atoms with Gasteiger partial charge in [-0.05, 0) is 42.9 Å². The molecule has 0 amide bonds. The normalized spacial score (nSPS) is 22.9. The first-order valence-electron chi connectivity index (χ1n) is 8.20. The predicted octanol–water partition coefficient (Wildman–Crippen LogP) is 4.28. The van der Waals surface area contributed by atoms with E-state index in [1.807, 2.05) is 0 Å². The zero-order valence-electron chi connectivity index (χ0n) is 13.0. The maximum atomic E-state index is 6.20. The smallest absolute Gasteiger partial charge is 0.0723 e. The van der Waals surface area contributed by atoms with Gasteiger partial charge in [0.15, 0.2) is 0 Å². The molecule has 1 fully saturated rings. The summed E-state index contributed by atoms with van der Waals surface area (Å²) < 4.78 is 6.20. The molecule has 1 aliphatic carbocycles. The Labute approximate surface area is 123 Å². The van der Waals surface area contributed by atoms with Crippen molar-refractivity contribution in [3.63, 3.8) is 0 Å². The maximum absolute atomic E-state index is 6.20. The summed E-state index contributed by atoms with van der Waals surface area (Å²) in [5.41, 5.74) is 2.72. The number of benzene rings is 1. The van der Waals surface area contributed by atoms with Crippen LogP contribution < -0.4 is 5.32 Å². The summed E-state index contributed by atoms with van der Waals surface area (Å²) in [4.78, 5) is 0. The van der Waals surface area contributed by atoms with Crippen LogP contribution >= 0.6 is 0 Å². The summed E-state index contributed by atoms with van der Waals surface area (Å²) in [7, 11) is 0. The molecule has 1 N–H and O–H groups in total. The lowest BCUT2D eigenvalue weighted by atomic mass is 9.88. The van der Waals surface area contributed by atoms with Crippen molar-refractivity contribution in [2.45, 2.75) is 65.2 Å². The molecule has 0 spiro atoms. The fraction of sp³-hybridized carbons (Fsp3) is 0.667. The molecule has 2 nitrogen and oxygen atoms in total. The largest absolute Gasteiger partial charge is 0.373 e. The van der Waals surface area contributed by atoms with Crippen molar-refractivity contribution in [3.8, 4) is 0 Å². The summed E-state index contributed by atoms with van der Waals surface area (Å²) in [6, 6.07) is 8.66. The first-order valence-corrected chi connectivity index (χ1v) is 8.20. The van der Waals surface area contributed by atoms with E-state index in [1.54, 1.807) is 0 Å². The van der Waals surface area contributed by atoms with Crippen molar-refractivity contribution in [1.29, 1.82) is 0 Å². The molecule has 2 unspecified atom stereocenters. The Bertz CT molecular complexity index is 391. The van der Waals surface area contributed by atoms with Gasteiger partial charge < -0.3 is 10.1 Å². The molecule has 1 aromatic carbocycles. The Balaban J connectivity index is 1.88. The van der Waals surface area contributed by atoms with Crippen molar-refractivity contribution < 1.29 is 4.74 Å². The van der Waals surface area contributed by atoms with E-state index in [0.717, 1.165) is 19.7 Å². The predicted molar refractivity (Wildman–Crippen MR) is 84.6 cm³/mol. The lowest BCUT2D eigenvalue weighted by molar-refractivity contribution is -0.0157. The van der Waals surface area contributed by atoms with Gasteiger partial charge in [0.05, 0.1) is 12.7 Å². The van der Waals surface area contributed by atoms with E-state index in [4.69, 9.17) is 4.74 Å². The number of hydrogen-bond donors (Lipinski definition) is 1. The van der Waals surface area contributed by atoms with Crippen LogP contribution in [0.25, 0.3) is 0 Å². The molecule has 112 valence electrons. The molecule has 0 aliphatic heterocycles. The van der Waals surface area contributed by atoms with Gasteiger partial charge in [-0.2, -0.15) is 0 Å². The molecule has 2 heteroatoms. The quantitative estimate of drug-likeness (QED) is 0.750. The van der Waals surface area contributed by atoms with E-state index in [0.29, 0.717) is 12.0 Å². The number of hydrogen-bond acceptors (Lipinski definition) is 2. The molecular weight excluding hydrogens is 246 g/mol. The van der Waals surface area contributed by atoms with Gasteiger partial charge in [-0.3, -0.25) is 0 Å². The summed E-state index contributed by atoms with van der Waals surface area (Å²) in [5, 5.41) is 3.48. The van der Waals surface area contributed by atoms with Crippen LogP contribution in [0.1, 0.15) is 57.1 Å². The molecule has 1 aliphatic rings. The second-order valence-electron chi connectivity index (χ2n) is 6.06. The van der Waals surface area contributed by atoms with Gasteiger partial charge in [0.25, 0.3) is 0 Å². The van der Waals surface area contributed by atoms with E-state index < -0.39 is 0 Å². The minimum Gasteiger partial charge on any atom is -0.373 e. The van der Waals surface area contributed by atoms with Gasteiger partial charge in [-0.25, -0.2) is 0 Å². The van der Waals surface area contributed by atoms with Crippen LogP contribution in [0.2, 0.25) is 0 Å². The Kier molecular flexibility index (Phi) is 6.55. The molecule has 0 aromatic heterocycles. The highest BCUT2D eigenvalue weighted by Gasteiger charge is 2.21. The molecule has 2 rings (SSSR count). The molecule has 0 heterocycles. The van der Waals surface area contributed by atoms with Crippen molar-refractivity contribution in [2.75, 3.05) is 6.54 Å². The Morgan fingerprint density at radius 1 is 1.15 bits per heavy atom. The zero-order chi connectivity index (χ0) is 14.2. The maximum Gasteiger partial charge on any atom is 0.0723 e. The highest BCUT2D eigenvalue weighted by Crippen LogP contribution is 2.27. The van der Waals surface area contributed by atoms with Crippen molar-refractivity contribution in [3.05, 3.63) is 35.4 Å². The van der Waals surface area contributed by atoms with Crippen LogP contribution in [-0.2, 0) is 17.9 Å². The highest BCUT2D eigenvalue weighted by atomic mass is 16.5. The zero-order valence-corrected chi connectivity index (χ0v) is 13.0. The summed E-state index contributed by atoms with van der Waals surface area (Å²) in [6.45, 7) is 7.33. The van der Waals surface area contributed by atoms with E-state index in [-0.39, 0.29) is 0 Å². The standard InChI is InChI=1S/C18H29NO/c1-3-12-19-13-16-9-5-6-10-17(16)14-20-18-11-7-4-8-15(18)2/h5-6,9-10,15,18-19H,3-4,7-8,11-14H2,1-2H3. The summed E-state index contributed by atoms with van der Waals surface area (Å²) in [6.07, 6.45) is 6.90. The molecule has 0 bridgehead atoms. The fourth-order valence-electron chi connectivity index (χ4n) is 3.00. The second-order valence-corrected chi connectivity index (χ2v) is 6.06. The monoisotopic (exact) mass is 275 g/mol. The van der Waals surface area contributed by atoms with Crippen molar-refractivity contribution >= 4 is 0 Å². The first kappa shape index (κ1) is 15.5. The first-order chi connectivity index (χ1) is 9.81.